The average Bonchev–Trinajstić information content (AvgIpc) is 3.47. The Morgan fingerprint density at radius 2 is 0.488 bits per heavy atom. The molecule has 1 atom stereocenters. The first-order chi connectivity index (χ1) is 40.5. The molecule has 0 aliphatic heterocycles. The smallest absolute Gasteiger partial charge is 0.306 e. The predicted molar refractivity (Wildman–Crippen MR) is 357 cm³/mol. The number of allylic oxidation sites excluding steroid dienone is 16. The fourth-order valence-corrected chi connectivity index (χ4v) is 10.1. The van der Waals surface area contributed by atoms with Crippen LogP contribution < -0.4 is 0 Å². The van der Waals surface area contributed by atoms with E-state index >= 15 is 0 Å². The van der Waals surface area contributed by atoms with Crippen molar-refractivity contribution in [3.05, 3.63) is 97.2 Å². The van der Waals surface area contributed by atoms with Crippen molar-refractivity contribution in [1.82, 2.24) is 0 Å². The van der Waals surface area contributed by atoms with Crippen molar-refractivity contribution in [3.8, 4) is 0 Å². The number of esters is 3. The number of hydrogen-bond acceptors (Lipinski definition) is 6. The molecule has 1 unspecified atom stereocenters. The van der Waals surface area contributed by atoms with Crippen LogP contribution in [-0.4, -0.2) is 37.2 Å². The molecular weight excluding hydrogens is 1010 g/mol. The highest BCUT2D eigenvalue weighted by Crippen LogP contribution is 2.18. The largest absolute Gasteiger partial charge is 0.462 e. The fraction of sp³-hybridized carbons (Fsp3) is 0.750. The summed E-state index contributed by atoms with van der Waals surface area (Å²) in [6.07, 6.45) is 94.5. The second-order valence-electron chi connectivity index (χ2n) is 23.4. The molecule has 0 heterocycles. The summed E-state index contributed by atoms with van der Waals surface area (Å²) < 4.78 is 16.9. The number of carbonyl (C=O) groups excluding carboxylic acids is 3. The highest BCUT2D eigenvalue weighted by atomic mass is 16.6. The van der Waals surface area contributed by atoms with Crippen molar-refractivity contribution in [3.63, 3.8) is 0 Å². The van der Waals surface area contributed by atoms with E-state index in [1.54, 1.807) is 0 Å². The molecule has 0 aromatic carbocycles. The van der Waals surface area contributed by atoms with Gasteiger partial charge in [-0.1, -0.05) is 330 Å². The molecule has 0 aromatic rings. The van der Waals surface area contributed by atoms with Gasteiger partial charge < -0.3 is 14.2 Å². The molecule has 0 N–H and O–H groups in total. The van der Waals surface area contributed by atoms with E-state index in [9.17, 15) is 14.4 Å². The Morgan fingerprint density at radius 1 is 0.256 bits per heavy atom. The summed E-state index contributed by atoms with van der Waals surface area (Å²) in [5.41, 5.74) is 0. The number of ether oxygens (including phenoxy) is 3. The average molecular weight is 1140 g/mol. The zero-order chi connectivity index (χ0) is 59.2. The van der Waals surface area contributed by atoms with E-state index in [4.69, 9.17) is 14.2 Å². The first kappa shape index (κ1) is 78.3. The highest BCUT2D eigenvalue weighted by Gasteiger charge is 2.19. The van der Waals surface area contributed by atoms with Crippen molar-refractivity contribution in [2.24, 2.45) is 0 Å². The molecule has 6 heteroatoms. The highest BCUT2D eigenvalue weighted by molar-refractivity contribution is 5.71. The van der Waals surface area contributed by atoms with Crippen LogP contribution >= 0.6 is 0 Å². The van der Waals surface area contributed by atoms with Crippen molar-refractivity contribution in [2.75, 3.05) is 13.2 Å². The number of unbranched alkanes of at least 4 members (excludes halogenated alkanes) is 37. The third-order valence-electron chi connectivity index (χ3n) is 15.3. The van der Waals surface area contributed by atoms with Gasteiger partial charge in [0.25, 0.3) is 0 Å². The lowest BCUT2D eigenvalue weighted by Gasteiger charge is -2.18. The zero-order valence-electron chi connectivity index (χ0n) is 54.2. The van der Waals surface area contributed by atoms with Gasteiger partial charge in [0.2, 0.25) is 0 Å². The molecule has 6 nitrogen and oxygen atoms in total. The van der Waals surface area contributed by atoms with E-state index in [0.29, 0.717) is 19.3 Å². The number of rotatable bonds is 64. The Labute approximate surface area is 508 Å². The van der Waals surface area contributed by atoms with Crippen molar-refractivity contribution in [2.45, 2.75) is 354 Å². The monoisotopic (exact) mass is 1140 g/mol. The minimum atomic E-state index is -0.808. The van der Waals surface area contributed by atoms with Gasteiger partial charge >= 0.3 is 17.9 Å². The zero-order valence-corrected chi connectivity index (χ0v) is 54.2. The molecule has 0 saturated heterocycles. The summed E-state index contributed by atoms with van der Waals surface area (Å²) in [5.74, 6) is -0.942. The summed E-state index contributed by atoms with van der Waals surface area (Å²) in [6, 6.07) is 0. The molecule has 0 aliphatic rings. The van der Waals surface area contributed by atoms with Crippen LogP contribution in [0.3, 0.4) is 0 Å². The minimum absolute atomic E-state index is 0.0977. The SMILES string of the molecule is CC/C=C\C/C=C\C/C=C\C/C=C\C/C=C\C/C=C\CCCCC(=O)OC(COC(=O)CCCCCCC/C=C\C/C=C\CCCC)COC(=O)CCCCCCCCCCCCCCCCCCCCCCCCCCCCCCC. The van der Waals surface area contributed by atoms with Gasteiger partial charge in [-0.25, -0.2) is 0 Å². The second-order valence-corrected chi connectivity index (χ2v) is 23.4. The first-order valence-electron chi connectivity index (χ1n) is 35.2. The van der Waals surface area contributed by atoms with Crippen molar-refractivity contribution >= 4 is 17.9 Å². The lowest BCUT2D eigenvalue weighted by atomic mass is 10.0. The summed E-state index contributed by atoms with van der Waals surface area (Å²) in [4.78, 5) is 38.4. The molecule has 0 aliphatic carbocycles. The molecule has 0 aromatic heterocycles. The van der Waals surface area contributed by atoms with Crippen LogP contribution in [0.25, 0.3) is 0 Å². The van der Waals surface area contributed by atoms with Crippen LogP contribution in [0.5, 0.6) is 0 Å². The van der Waals surface area contributed by atoms with Crippen LogP contribution in [0.4, 0.5) is 0 Å². The maximum atomic E-state index is 12.9. The molecule has 82 heavy (non-hydrogen) atoms. The Kier molecular flexibility index (Phi) is 66.7. The summed E-state index contributed by atoms with van der Waals surface area (Å²) in [6.45, 7) is 6.48. The van der Waals surface area contributed by atoms with Crippen LogP contribution in [0, 0.1) is 0 Å². The first-order valence-corrected chi connectivity index (χ1v) is 35.2. The quantitative estimate of drug-likeness (QED) is 0.0261. The number of carbonyl (C=O) groups is 3. The van der Waals surface area contributed by atoms with Gasteiger partial charge in [-0.3, -0.25) is 14.4 Å². The molecule has 0 fully saturated rings. The van der Waals surface area contributed by atoms with Gasteiger partial charge in [0, 0.05) is 19.3 Å². The summed E-state index contributed by atoms with van der Waals surface area (Å²) in [5, 5.41) is 0. The van der Waals surface area contributed by atoms with Gasteiger partial charge in [0.15, 0.2) is 6.10 Å². The molecule has 0 bridgehead atoms. The van der Waals surface area contributed by atoms with Crippen molar-refractivity contribution in [1.29, 1.82) is 0 Å². The molecule has 0 spiro atoms. The maximum absolute atomic E-state index is 12.9. The topological polar surface area (TPSA) is 78.9 Å². The van der Waals surface area contributed by atoms with Crippen LogP contribution in [0.15, 0.2) is 97.2 Å². The van der Waals surface area contributed by atoms with Gasteiger partial charge in [-0.05, 0) is 96.3 Å². The normalized spacial score (nSPS) is 12.7. The molecule has 0 radical (unpaired) electrons. The van der Waals surface area contributed by atoms with Gasteiger partial charge in [-0.15, -0.1) is 0 Å². The van der Waals surface area contributed by atoms with E-state index in [1.807, 2.05) is 0 Å². The minimum Gasteiger partial charge on any atom is -0.462 e. The predicted octanol–water partition coefficient (Wildman–Crippen LogP) is 24.4. The van der Waals surface area contributed by atoms with E-state index in [2.05, 4.69) is 118 Å². The van der Waals surface area contributed by atoms with Crippen molar-refractivity contribution < 1.29 is 28.6 Å². The third kappa shape index (κ3) is 67.1. The molecule has 472 valence electrons. The fourth-order valence-electron chi connectivity index (χ4n) is 10.1. The van der Waals surface area contributed by atoms with E-state index in [1.165, 1.54) is 186 Å². The van der Waals surface area contributed by atoms with Gasteiger partial charge in [0.05, 0.1) is 0 Å². The lowest BCUT2D eigenvalue weighted by molar-refractivity contribution is -0.167. The van der Waals surface area contributed by atoms with Crippen LogP contribution in [-0.2, 0) is 28.6 Å². The Bertz CT molecular complexity index is 1590. The van der Waals surface area contributed by atoms with E-state index in [-0.39, 0.29) is 37.5 Å². The third-order valence-corrected chi connectivity index (χ3v) is 15.3. The standard InChI is InChI=1S/C76H132O6/c1-4-7-10-13-16-19-22-25-28-30-32-34-35-36-37-38-39-40-41-43-44-46-48-51-54-57-60-63-66-69-75(78)81-72-73(71-80-74(77)68-65-62-59-56-53-50-27-24-21-18-15-12-9-6-3)82-76(79)70-67-64-61-58-55-52-49-47-45-42-33-31-29-26-23-20-17-14-11-8-5-2/h8,11,15,17-18,20,24,26-27,29,33,42,47,49,55,58,73H,4-7,9-10,12-14,16,19,21-23,25,28,30-32,34-41,43-46,48,50-54,56-57,59-72H2,1-3H3/b11-8-,18-15-,20-17-,27-24-,29-26-,42-33-,49-47-,58-55-. The lowest BCUT2D eigenvalue weighted by Crippen LogP contribution is -2.30. The molecule has 0 saturated carbocycles. The Morgan fingerprint density at radius 3 is 0.805 bits per heavy atom. The second kappa shape index (κ2) is 69.8. The Balaban J connectivity index is 4.30. The van der Waals surface area contributed by atoms with E-state index < -0.39 is 6.10 Å². The molecular formula is C76H132O6. The number of hydrogen-bond donors (Lipinski definition) is 0. The molecule has 0 rings (SSSR count). The van der Waals surface area contributed by atoms with E-state index in [0.717, 1.165) is 116 Å². The summed E-state index contributed by atoms with van der Waals surface area (Å²) >= 11 is 0. The molecule has 0 amide bonds. The van der Waals surface area contributed by atoms with Gasteiger partial charge in [0.1, 0.15) is 13.2 Å². The summed E-state index contributed by atoms with van der Waals surface area (Å²) in [7, 11) is 0. The van der Waals surface area contributed by atoms with Crippen LogP contribution in [0.2, 0.25) is 0 Å². The maximum Gasteiger partial charge on any atom is 0.306 e. The van der Waals surface area contributed by atoms with Gasteiger partial charge in [-0.2, -0.15) is 0 Å². The van der Waals surface area contributed by atoms with Crippen LogP contribution in [0.1, 0.15) is 348 Å². The Hall–Kier alpha value is -3.67.